The van der Waals surface area contributed by atoms with Crippen LogP contribution in [0.1, 0.15) is 11.1 Å². The van der Waals surface area contributed by atoms with Gasteiger partial charge in [0.2, 0.25) is 5.13 Å². The SMILES string of the molecule is C(=N\Nc1nc(-c2cccc3ccccc23)cs1)/c1cn(Cc2ccccc2)c2ccccc12. The lowest BCUT2D eigenvalue weighted by Gasteiger charge is -2.05. The van der Waals surface area contributed by atoms with Gasteiger partial charge in [-0.25, -0.2) is 4.98 Å². The van der Waals surface area contributed by atoms with Crippen molar-refractivity contribution in [2.45, 2.75) is 6.54 Å². The maximum Gasteiger partial charge on any atom is 0.203 e. The third-order valence-electron chi connectivity index (χ3n) is 5.95. The number of nitrogens with one attached hydrogen (secondary N) is 1. The molecule has 0 aliphatic carbocycles. The fourth-order valence-corrected chi connectivity index (χ4v) is 5.00. The van der Waals surface area contributed by atoms with E-state index in [1.165, 1.54) is 27.2 Å². The Bertz CT molecular complexity index is 1610. The predicted molar refractivity (Wildman–Crippen MR) is 144 cm³/mol. The molecular formula is C29H22N4S. The van der Waals surface area contributed by atoms with E-state index in [-0.39, 0.29) is 0 Å². The molecule has 0 atom stereocenters. The van der Waals surface area contributed by atoms with Gasteiger partial charge in [-0.1, -0.05) is 91.0 Å². The molecule has 2 aromatic heterocycles. The summed E-state index contributed by atoms with van der Waals surface area (Å²) < 4.78 is 2.27. The first-order valence-corrected chi connectivity index (χ1v) is 12.1. The Morgan fingerprint density at radius 1 is 0.824 bits per heavy atom. The van der Waals surface area contributed by atoms with Crippen molar-refractivity contribution >= 4 is 44.4 Å². The Morgan fingerprint density at radius 3 is 2.50 bits per heavy atom. The van der Waals surface area contributed by atoms with Gasteiger partial charge in [-0.3, -0.25) is 5.43 Å². The van der Waals surface area contributed by atoms with Crippen molar-refractivity contribution in [3.8, 4) is 11.3 Å². The van der Waals surface area contributed by atoms with Gasteiger partial charge in [-0.2, -0.15) is 5.10 Å². The standard InChI is InChI=1S/C29H22N4S/c1-2-9-21(10-3-1)18-33-19-23(25-14-6-7-16-28(25)33)17-30-32-29-31-27(20-34-29)26-15-8-12-22-11-4-5-13-24(22)26/h1-17,19-20H,18H2,(H,31,32)/b30-17+. The molecule has 0 saturated carbocycles. The molecule has 0 aliphatic heterocycles. The largest absolute Gasteiger partial charge is 0.342 e. The molecule has 34 heavy (non-hydrogen) atoms. The number of aromatic nitrogens is 2. The number of anilines is 1. The van der Waals surface area contributed by atoms with Crippen LogP contribution < -0.4 is 5.43 Å². The van der Waals surface area contributed by atoms with Crippen molar-refractivity contribution in [2.75, 3.05) is 5.43 Å². The van der Waals surface area contributed by atoms with Gasteiger partial charge in [0.25, 0.3) is 0 Å². The van der Waals surface area contributed by atoms with Crippen molar-refractivity contribution < 1.29 is 0 Å². The van der Waals surface area contributed by atoms with E-state index in [1.54, 1.807) is 11.3 Å². The normalized spacial score (nSPS) is 11.5. The molecular weight excluding hydrogens is 436 g/mol. The molecule has 0 spiro atoms. The average molecular weight is 459 g/mol. The van der Waals surface area contributed by atoms with E-state index >= 15 is 0 Å². The lowest BCUT2D eigenvalue weighted by Crippen LogP contribution is -1.97. The molecule has 0 bridgehead atoms. The van der Waals surface area contributed by atoms with Crippen LogP contribution in [0.5, 0.6) is 0 Å². The third-order valence-corrected chi connectivity index (χ3v) is 6.70. The second-order valence-electron chi connectivity index (χ2n) is 8.15. The van der Waals surface area contributed by atoms with E-state index in [2.05, 4.69) is 118 Å². The number of para-hydroxylation sites is 1. The molecule has 5 heteroatoms. The van der Waals surface area contributed by atoms with E-state index in [9.17, 15) is 0 Å². The highest BCUT2D eigenvalue weighted by Crippen LogP contribution is 2.31. The average Bonchev–Trinajstić information content (AvgIpc) is 3.50. The highest BCUT2D eigenvalue weighted by Gasteiger charge is 2.09. The van der Waals surface area contributed by atoms with Crippen LogP contribution in [0.4, 0.5) is 5.13 Å². The molecule has 0 unspecified atom stereocenters. The van der Waals surface area contributed by atoms with E-state index in [4.69, 9.17) is 4.98 Å². The smallest absolute Gasteiger partial charge is 0.203 e. The van der Waals surface area contributed by atoms with E-state index in [0.29, 0.717) is 0 Å². The summed E-state index contributed by atoms with van der Waals surface area (Å²) in [6.45, 7) is 0.823. The first-order valence-electron chi connectivity index (χ1n) is 11.2. The summed E-state index contributed by atoms with van der Waals surface area (Å²) in [5.41, 5.74) is 8.76. The fourth-order valence-electron chi connectivity index (χ4n) is 4.34. The Labute approximate surface area is 201 Å². The highest BCUT2D eigenvalue weighted by molar-refractivity contribution is 7.14. The van der Waals surface area contributed by atoms with Crippen molar-refractivity contribution in [2.24, 2.45) is 5.10 Å². The Kier molecular flexibility index (Phi) is 5.38. The Morgan fingerprint density at radius 2 is 1.59 bits per heavy atom. The summed E-state index contributed by atoms with van der Waals surface area (Å²) in [4.78, 5) is 4.77. The zero-order valence-corrected chi connectivity index (χ0v) is 19.2. The van der Waals surface area contributed by atoms with Gasteiger partial charge in [0.15, 0.2) is 0 Å². The number of hydrogen-bond donors (Lipinski definition) is 1. The highest BCUT2D eigenvalue weighted by atomic mass is 32.1. The van der Waals surface area contributed by atoms with Gasteiger partial charge in [-0.05, 0) is 22.4 Å². The van der Waals surface area contributed by atoms with Crippen molar-refractivity contribution in [1.82, 2.24) is 9.55 Å². The number of thiazole rings is 1. The van der Waals surface area contributed by atoms with Crippen LogP contribution in [0.3, 0.4) is 0 Å². The quantitative estimate of drug-likeness (QED) is 0.208. The van der Waals surface area contributed by atoms with Crippen LogP contribution in [0.25, 0.3) is 32.9 Å². The van der Waals surface area contributed by atoms with Crippen molar-refractivity contribution in [1.29, 1.82) is 0 Å². The first kappa shape index (κ1) is 20.4. The number of nitrogens with zero attached hydrogens (tertiary/aromatic N) is 3. The summed E-state index contributed by atoms with van der Waals surface area (Å²) in [5.74, 6) is 0. The molecule has 164 valence electrons. The summed E-state index contributed by atoms with van der Waals surface area (Å²) in [5, 5.41) is 11.0. The van der Waals surface area contributed by atoms with Gasteiger partial charge in [-0.15, -0.1) is 11.3 Å². The molecule has 2 heterocycles. The zero-order valence-electron chi connectivity index (χ0n) is 18.4. The lowest BCUT2D eigenvalue weighted by molar-refractivity contribution is 0.836. The van der Waals surface area contributed by atoms with Crippen LogP contribution in [0.2, 0.25) is 0 Å². The second-order valence-corrected chi connectivity index (χ2v) is 9.01. The fraction of sp³-hybridized carbons (Fsp3) is 0.0345. The molecule has 0 fully saturated rings. The molecule has 1 N–H and O–H groups in total. The van der Waals surface area contributed by atoms with E-state index in [1.807, 2.05) is 12.3 Å². The molecule has 0 amide bonds. The zero-order chi connectivity index (χ0) is 22.7. The summed E-state index contributed by atoms with van der Waals surface area (Å²) in [6, 6.07) is 33.7. The minimum absolute atomic E-state index is 0.771. The maximum atomic E-state index is 4.77. The van der Waals surface area contributed by atoms with Gasteiger partial charge < -0.3 is 4.57 Å². The van der Waals surface area contributed by atoms with Crippen LogP contribution in [0, 0.1) is 0 Å². The van der Waals surface area contributed by atoms with Crippen LogP contribution in [-0.4, -0.2) is 15.8 Å². The third kappa shape index (κ3) is 3.98. The van der Waals surface area contributed by atoms with Gasteiger partial charge >= 0.3 is 0 Å². The second kappa shape index (κ2) is 8.96. The number of benzene rings is 4. The number of hydrazone groups is 1. The number of rotatable bonds is 6. The maximum absolute atomic E-state index is 4.77. The molecule has 4 nitrogen and oxygen atoms in total. The lowest BCUT2D eigenvalue weighted by atomic mass is 10.0. The summed E-state index contributed by atoms with van der Waals surface area (Å²) >= 11 is 1.56. The van der Waals surface area contributed by atoms with Gasteiger partial charge in [0.05, 0.1) is 11.9 Å². The topological polar surface area (TPSA) is 42.2 Å². The Balaban J connectivity index is 1.25. The molecule has 4 aromatic carbocycles. The monoisotopic (exact) mass is 458 g/mol. The van der Waals surface area contributed by atoms with Crippen LogP contribution >= 0.6 is 11.3 Å². The first-order chi connectivity index (χ1) is 16.8. The van der Waals surface area contributed by atoms with E-state index in [0.717, 1.165) is 28.5 Å². The molecule has 0 saturated heterocycles. The number of hydrogen-bond acceptors (Lipinski definition) is 4. The van der Waals surface area contributed by atoms with E-state index < -0.39 is 0 Å². The van der Waals surface area contributed by atoms with Crippen molar-refractivity contribution in [3.63, 3.8) is 0 Å². The minimum Gasteiger partial charge on any atom is -0.342 e. The van der Waals surface area contributed by atoms with Crippen LogP contribution in [-0.2, 0) is 6.54 Å². The summed E-state index contributed by atoms with van der Waals surface area (Å²) in [7, 11) is 0. The van der Waals surface area contributed by atoms with Crippen LogP contribution in [0.15, 0.2) is 114 Å². The van der Waals surface area contributed by atoms with Gasteiger partial charge in [0, 0.05) is 40.2 Å². The summed E-state index contributed by atoms with van der Waals surface area (Å²) in [6.07, 6.45) is 4.04. The van der Waals surface area contributed by atoms with Crippen molar-refractivity contribution in [3.05, 3.63) is 120 Å². The predicted octanol–water partition coefficient (Wildman–Crippen LogP) is 7.41. The Hall–Kier alpha value is -4.22. The molecule has 0 aliphatic rings. The van der Waals surface area contributed by atoms with Gasteiger partial charge in [0.1, 0.15) is 0 Å². The molecule has 0 radical (unpaired) electrons. The minimum atomic E-state index is 0.771. The molecule has 6 rings (SSSR count). The number of fused-ring (bicyclic) bond motifs is 2. The molecule has 6 aromatic rings.